The minimum Gasteiger partial charge on any atom is -0.512 e. The average Bonchev–Trinajstić information content (AvgIpc) is 2.76. The van der Waals surface area contributed by atoms with Crippen LogP contribution in [0.5, 0.6) is 0 Å². The third-order valence-corrected chi connectivity index (χ3v) is 2.99. The standard InChI is InChI=1S/C12H16N2O7/c1-19-4-5-20-10-9(17)7(6-15)21-11(10)14-3-2-8(16)13-12(14)18/h2-3,6,9-11,15,17H,4-5H2,1H3,(H,13,16,18). The van der Waals surface area contributed by atoms with Crippen molar-refractivity contribution in [2.45, 2.75) is 18.4 Å². The van der Waals surface area contributed by atoms with Gasteiger partial charge in [-0.3, -0.25) is 14.3 Å². The Labute approximate surface area is 119 Å². The Bertz CT molecular complexity index is 621. The highest BCUT2D eigenvalue weighted by molar-refractivity contribution is 5.07. The molecule has 1 aliphatic heterocycles. The zero-order valence-corrected chi connectivity index (χ0v) is 11.3. The number of ether oxygens (including phenoxy) is 3. The Balaban J connectivity index is 2.29. The fourth-order valence-corrected chi connectivity index (χ4v) is 1.98. The molecule has 1 aromatic heterocycles. The summed E-state index contributed by atoms with van der Waals surface area (Å²) < 4.78 is 16.7. The SMILES string of the molecule is COCCOC1C(O)C(=CO)OC1n1ccc(=O)[nH]c1=O. The van der Waals surface area contributed by atoms with Crippen molar-refractivity contribution in [3.8, 4) is 0 Å². The van der Waals surface area contributed by atoms with E-state index in [4.69, 9.17) is 19.3 Å². The van der Waals surface area contributed by atoms with E-state index in [1.54, 1.807) is 0 Å². The Kier molecular flexibility index (Phi) is 4.78. The molecule has 1 fully saturated rings. The van der Waals surface area contributed by atoms with E-state index in [0.29, 0.717) is 6.26 Å². The number of nitrogens with one attached hydrogen (secondary N) is 1. The Hall–Kier alpha value is -2.10. The van der Waals surface area contributed by atoms with Gasteiger partial charge in [-0.15, -0.1) is 0 Å². The van der Waals surface area contributed by atoms with E-state index in [-0.39, 0.29) is 19.0 Å². The maximum atomic E-state index is 11.8. The molecule has 1 saturated heterocycles. The van der Waals surface area contributed by atoms with Crippen molar-refractivity contribution in [2.24, 2.45) is 0 Å². The molecule has 1 aromatic rings. The number of hydrogen-bond acceptors (Lipinski definition) is 7. The van der Waals surface area contributed by atoms with Gasteiger partial charge in [0, 0.05) is 19.4 Å². The van der Waals surface area contributed by atoms with Gasteiger partial charge in [-0.1, -0.05) is 0 Å². The van der Waals surface area contributed by atoms with E-state index in [1.165, 1.54) is 13.3 Å². The van der Waals surface area contributed by atoms with Gasteiger partial charge in [0.15, 0.2) is 5.76 Å². The number of methoxy groups -OCH3 is 1. The van der Waals surface area contributed by atoms with Crippen LogP contribution in [0.15, 0.2) is 33.9 Å². The van der Waals surface area contributed by atoms with Gasteiger partial charge in [-0.2, -0.15) is 0 Å². The lowest BCUT2D eigenvalue weighted by Gasteiger charge is -2.21. The van der Waals surface area contributed by atoms with Crippen LogP contribution in [0.3, 0.4) is 0 Å². The van der Waals surface area contributed by atoms with E-state index < -0.39 is 29.7 Å². The molecule has 116 valence electrons. The van der Waals surface area contributed by atoms with Gasteiger partial charge in [0.05, 0.1) is 13.2 Å². The average molecular weight is 300 g/mol. The lowest BCUT2D eigenvalue weighted by molar-refractivity contribution is -0.0762. The lowest BCUT2D eigenvalue weighted by Crippen LogP contribution is -2.38. The first-order valence-electron chi connectivity index (χ1n) is 6.19. The molecule has 0 aromatic carbocycles. The van der Waals surface area contributed by atoms with Crippen LogP contribution in [0.4, 0.5) is 0 Å². The minimum absolute atomic E-state index is 0.125. The summed E-state index contributed by atoms with van der Waals surface area (Å²) in [6.07, 6.45) is -1.35. The summed E-state index contributed by atoms with van der Waals surface area (Å²) in [7, 11) is 1.49. The van der Waals surface area contributed by atoms with Gasteiger partial charge in [-0.25, -0.2) is 4.79 Å². The zero-order valence-electron chi connectivity index (χ0n) is 11.3. The summed E-state index contributed by atoms with van der Waals surface area (Å²) in [6.45, 7) is 0.448. The molecule has 3 N–H and O–H groups in total. The fourth-order valence-electron chi connectivity index (χ4n) is 1.98. The van der Waals surface area contributed by atoms with Crippen molar-refractivity contribution in [3.05, 3.63) is 45.1 Å². The lowest BCUT2D eigenvalue weighted by atomic mass is 10.2. The normalized spacial score (nSPS) is 27.0. The van der Waals surface area contributed by atoms with Gasteiger partial charge in [0.25, 0.3) is 5.56 Å². The highest BCUT2D eigenvalue weighted by Gasteiger charge is 2.43. The minimum atomic E-state index is -1.24. The fraction of sp³-hybridized carbons (Fsp3) is 0.500. The van der Waals surface area contributed by atoms with Crippen LogP contribution < -0.4 is 11.2 Å². The smallest absolute Gasteiger partial charge is 0.331 e. The molecule has 0 spiro atoms. The van der Waals surface area contributed by atoms with Gasteiger partial charge in [-0.05, 0) is 0 Å². The van der Waals surface area contributed by atoms with Crippen molar-refractivity contribution in [2.75, 3.05) is 20.3 Å². The predicted octanol–water partition coefficient (Wildman–Crippen LogP) is -1.14. The summed E-state index contributed by atoms with van der Waals surface area (Å²) in [4.78, 5) is 24.9. The Morgan fingerprint density at radius 3 is 2.86 bits per heavy atom. The van der Waals surface area contributed by atoms with Crippen LogP contribution in [0, 0.1) is 0 Å². The molecule has 0 radical (unpaired) electrons. The third kappa shape index (κ3) is 3.15. The maximum Gasteiger partial charge on any atom is 0.331 e. The highest BCUT2D eigenvalue weighted by atomic mass is 16.6. The summed E-state index contributed by atoms with van der Waals surface area (Å²) in [5.74, 6) is -0.125. The van der Waals surface area contributed by atoms with Crippen LogP contribution >= 0.6 is 0 Å². The molecule has 2 heterocycles. The number of aliphatic hydroxyl groups is 2. The molecule has 0 aliphatic carbocycles. The van der Waals surface area contributed by atoms with E-state index >= 15 is 0 Å². The number of aromatic nitrogens is 2. The van der Waals surface area contributed by atoms with Gasteiger partial charge >= 0.3 is 5.69 Å². The number of rotatable bonds is 5. The van der Waals surface area contributed by atoms with Crippen LogP contribution in [0.1, 0.15) is 6.23 Å². The van der Waals surface area contributed by atoms with Crippen molar-refractivity contribution >= 4 is 0 Å². The number of nitrogens with zero attached hydrogens (tertiary/aromatic N) is 1. The van der Waals surface area contributed by atoms with Crippen molar-refractivity contribution in [1.29, 1.82) is 0 Å². The van der Waals surface area contributed by atoms with Gasteiger partial charge in [0.1, 0.15) is 18.5 Å². The third-order valence-electron chi connectivity index (χ3n) is 2.99. The second-order valence-electron chi connectivity index (χ2n) is 4.33. The first-order chi connectivity index (χ1) is 10.1. The largest absolute Gasteiger partial charge is 0.512 e. The van der Waals surface area contributed by atoms with Crippen LogP contribution in [-0.4, -0.2) is 52.3 Å². The Morgan fingerprint density at radius 1 is 1.48 bits per heavy atom. The summed E-state index contributed by atoms with van der Waals surface area (Å²) >= 11 is 0. The molecule has 0 amide bonds. The molecule has 3 unspecified atom stereocenters. The second-order valence-corrected chi connectivity index (χ2v) is 4.33. The number of H-pyrrole nitrogens is 1. The Morgan fingerprint density at radius 2 is 2.24 bits per heavy atom. The summed E-state index contributed by atoms with van der Waals surface area (Å²) in [5.41, 5.74) is -1.26. The first kappa shape index (κ1) is 15.3. The monoisotopic (exact) mass is 300 g/mol. The highest BCUT2D eigenvalue weighted by Crippen LogP contribution is 2.32. The number of aliphatic hydroxyl groups excluding tert-OH is 2. The summed E-state index contributed by atoms with van der Waals surface area (Å²) in [5, 5.41) is 19.1. The quantitative estimate of drug-likeness (QED) is 0.464. The molecule has 9 heteroatoms. The predicted molar refractivity (Wildman–Crippen MR) is 69.8 cm³/mol. The topological polar surface area (TPSA) is 123 Å². The molecule has 1 aliphatic rings. The zero-order chi connectivity index (χ0) is 15.4. The van der Waals surface area contributed by atoms with Crippen LogP contribution in [0.25, 0.3) is 0 Å². The molecular formula is C12H16N2O7. The van der Waals surface area contributed by atoms with E-state index in [2.05, 4.69) is 4.98 Å². The summed E-state index contributed by atoms with van der Waals surface area (Å²) in [6, 6.07) is 1.14. The maximum absolute atomic E-state index is 11.8. The van der Waals surface area contributed by atoms with E-state index in [9.17, 15) is 14.7 Å². The number of hydrogen-bond donors (Lipinski definition) is 3. The molecular weight excluding hydrogens is 284 g/mol. The molecule has 0 bridgehead atoms. The number of aromatic amines is 1. The molecule has 3 atom stereocenters. The molecule has 21 heavy (non-hydrogen) atoms. The van der Waals surface area contributed by atoms with Crippen LogP contribution in [0.2, 0.25) is 0 Å². The van der Waals surface area contributed by atoms with Gasteiger partial charge in [0.2, 0.25) is 6.23 Å². The first-order valence-corrected chi connectivity index (χ1v) is 6.19. The molecule has 0 saturated carbocycles. The van der Waals surface area contributed by atoms with E-state index in [0.717, 1.165) is 10.6 Å². The van der Waals surface area contributed by atoms with Crippen molar-refractivity contribution < 1.29 is 24.4 Å². The molecule has 2 rings (SSSR count). The van der Waals surface area contributed by atoms with Crippen molar-refractivity contribution in [3.63, 3.8) is 0 Å². The van der Waals surface area contributed by atoms with E-state index in [1.807, 2.05) is 0 Å². The van der Waals surface area contributed by atoms with Gasteiger partial charge < -0.3 is 24.4 Å². The van der Waals surface area contributed by atoms with Crippen molar-refractivity contribution in [1.82, 2.24) is 9.55 Å². The molecule has 9 nitrogen and oxygen atoms in total. The second kappa shape index (κ2) is 6.57. The van der Waals surface area contributed by atoms with Crippen LogP contribution in [-0.2, 0) is 14.2 Å².